The number of benzene rings is 1. The molecule has 1 aromatic carbocycles. The van der Waals surface area contributed by atoms with Crippen LogP contribution in [0.1, 0.15) is 42.5 Å². The molecule has 3 amide bonds. The molecule has 0 aromatic heterocycles. The first-order valence-corrected chi connectivity index (χ1v) is 12.8. The number of ether oxygens (including phenoxy) is 3. The van der Waals surface area contributed by atoms with E-state index in [4.69, 9.17) is 14.2 Å². The lowest BCUT2D eigenvalue weighted by Gasteiger charge is -2.43. The van der Waals surface area contributed by atoms with Crippen molar-refractivity contribution in [3.8, 4) is 5.75 Å². The number of rotatable bonds is 5. The Morgan fingerprint density at radius 2 is 1.94 bits per heavy atom. The number of nitrogens with zero attached hydrogens (tertiary/aromatic N) is 2. The zero-order chi connectivity index (χ0) is 25.4. The van der Waals surface area contributed by atoms with Crippen molar-refractivity contribution in [3.63, 3.8) is 0 Å². The first-order chi connectivity index (χ1) is 17.5. The standard InChI is InChI=1S/C27H37N3O6/c1-34-17-18-35-20-24(31)29-15-11-27(12-16-29)10-4-5-13-28-25(32)22-8-2-3-9-23(22)36-19-21-7-6-14-30(21)26(27)33/h2-5,8-9,21H,6-7,10-20H2,1H3,(H,28,32)/b5-4-/t21-/m1/s1. The van der Waals surface area contributed by atoms with Crippen LogP contribution in [0.25, 0.3) is 0 Å². The predicted octanol–water partition coefficient (Wildman–Crippen LogP) is 2.02. The van der Waals surface area contributed by atoms with Crippen molar-refractivity contribution >= 4 is 17.7 Å². The molecule has 2 saturated heterocycles. The van der Waals surface area contributed by atoms with E-state index in [1.54, 1.807) is 24.1 Å². The highest BCUT2D eigenvalue weighted by Gasteiger charge is 2.46. The number of piperidine rings is 1. The van der Waals surface area contributed by atoms with E-state index in [0.29, 0.717) is 76.6 Å². The quantitative estimate of drug-likeness (QED) is 0.492. The van der Waals surface area contributed by atoms with Gasteiger partial charge in [0.15, 0.2) is 0 Å². The predicted molar refractivity (Wildman–Crippen MR) is 134 cm³/mol. The van der Waals surface area contributed by atoms with E-state index in [9.17, 15) is 14.4 Å². The lowest BCUT2D eigenvalue weighted by Crippen LogP contribution is -2.53. The van der Waals surface area contributed by atoms with Crippen LogP contribution >= 0.6 is 0 Å². The van der Waals surface area contributed by atoms with Crippen LogP contribution in [0.5, 0.6) is 5.75 Å². The first kappa shape index (κ1) is 26.2. The molecule has 0 aliphatic carbocycles. The molecule has 0 unspecified atom stereocenters. The number of methoxy groups -OCH3 is 1. The molecule has 3 heterocycles. The summed E-state index contributed by atoms with van der Waals surface area (Å²) in [6, 6.07) is 7.18. The number of likely N-dealkylation sites (tertiary alicyclic amines) is 1. The number of amides is 3. The number of carbonyl (C=O) groups excluding carboxylic acids is 3. The first-order valence-electron chi connectivity index (χ1n) is 12.8. The lowest BCUT2D eigenvalue weighted by molar-refractivity contribution is -0.150. The zero-order valence-electron chi connectivity index (χ0n) is 21.1. The average molecular weight is 500 g/mol. The molecule has 2 fully saturated rings. The topological polar surface area (TPSA) is 97.4 Å². The summed E-state index contributed by atoms with van der Waals surface area (Å²) in [6.45, 7) is 3.31. The molecule has 1 aromatic rings. The second-order valence-electron chi connectivity index (χ2n) is 9.69. The normalized spacial score (nSPS) is 23.3. The van der Waals surface area contributed by atoms with E-state index in [2.05, 4.69) is 5.32 Å². The minimum Gasteiger partial charge on any atom is -0.491 e. The van der Waals surface area contributed by atoms with Gasteiger partial charge in [0.25, 0.3) is 5.91 Å². The van der Waals surface area contributed by atoms with Crippen molar-refractivity contribution < 1.29 is 28.6 Å². The van der Waals surface area contributed by atoms with E-state index < -0.39 is 5.41 Å². The second-order valence-corrected chi connectivity index (χ2v) is 9.69. The highest BCUT2D eigenvalue weighted by molar-refractivity contribution is 5.97. The van der Waals surface area contributed by atoms with E-state index in [1.807, 2.05) is 29.2 Å². The van der Waals surface area contributed by atoms with Gasteiger partial charge in [-0.1, -0.05) is 24.3 Å². The summed E-state index contributed by atoms with van der Waals surface area (Å²) >= 11 is 0. The maximum absolute atomic E-state index is 14.0. The molecule has 4 rings (SSSR count). The third-order valence-electron chi connectivity index (χ3n) is 7.44. The molecule has 0 saturated carbocycles. The van der Waals surface area contributed by atoms with Crippen molar-refractivity contribution in [2.45, 2.75) is 38.1 Å². The molecule has 196 valence electrons. The molecule has 1 spiro atoms. The Morgan fingerprint density at radius 3 is 2.75 bits per heavy atom. The maximum atomic E-state index is 14.0. The molecule has 1 atom stereocenters. The fraction of sp³-hybridized carbons (Fsp3) is 0.593. The number of carbonyl (C=O) groups is 3. The van der Waals surface area contributed by atoms with Crippen LogP contribution in [0, 0.1) is 5.41 Å². The summed E-state index contributed by atoms with van der Waals surface area (Å²) in [5, 5.41) is 2.92. The average Bonchev–Trinajstić information content (AvgIpc) is 3.37. The Labute approximate surface area is 212 Å². The molecule has 0 bridgehead atoms. The Hall–Kier alpha value is -2.91. The van der Waals surface area contributed by atoms with Gasteiger partial charge in [-0.2, -0.15) is 0 Å². The Morgan fingerprint density at radius 1 is 1.14 bits per heavy atom. The summed E-state index contributed by atoms with van der Waals surface area (Å²) in [6.07, 6.45) is 7.48. The summed E-state index contributed by atoms with van der Waals surface area (Å²) in [4.78, 5) is 43.1. The highest BCUT2D eigenvalue weighted by Crippen LogP contribution is 2.39. The Kier molecular flexibility index (Phi) is 8.98. The van der Waals surface area contributed by atoms with Crippen molar-refractivity contribution in [1.29, 1.82) is 0 Å². The van der Waals surface area contributed by atoms with Crippen LogP contribution in [0.2, 0.25) is 0 Å². The van der Waals surface area contributed by atoms with Gasteiger partial charge in [-0.05, 0) is 44.2 Å². The lowest BCUT2D eigenvalue weighted by atomic mass is 9.74. The van der Waals surface area contributed by atoms with Gasteiger partial charge in [-0.15, -0.1) is 0 Å². The molecule has 9 heteroatoms. The second kappa shape index (κ2) is 12.4. The van der Waals surface area contributed by atoms with Gasteiger partial charge >= 0.3 is 0 Å². The van der Waals surface area contributed by atoms with Gasteiger partial charge in [0.1, 0.15) is 19.0 Å². The van der Waals surface area contributed by atoms with Gasteiger partial charge in [0, 0.05) is 33.3 Å². The molecule has 3 aliphatic heterocycles. The van der Waals surface area contributed by atoms with Gasteiger partial charge in [0.05, 0.1) is 30.2 Å². The van der Waals surface area contributed by atoms with Gasteiger partial charge < -0.3 is 29.3 Å². The van der Waals surface area contributed by atoms with Crippen molar-refractivity contribution in [2.24, 2.45) is 5.41 Å². The third kappa shape index (κ3) is 6.07. The molecule has 36 heavy (non-hydrogen) atoms. The van der Waals surface area contributed by atoms with Crippen molar-refractivity contribution in [3.05, 3.63) is 42.0 Å². The molecule has 9 nitrogen and oxygen atoms in total. The van der Waals surface area contributed by atoms with Crippen LogP contribution in [0.15, 0.2) is 36.4 Å². The minimum absolute atomic E-state index is 0.0247. The number of para-hydroxylation sites is 1. The minimum atomic E-state index is -0.571. The number of fused-ring (bicyclic) bond motifs is 2. The fourth-order valence-electron chi connectivity index (χ4n) is 5.27. The van der Waals surface area contributed by atoms with E-state index in [-0.39, 0.29) is 30.4 Å². The van der Waals surface area contributed by atoms with Crippen LogP contribution in [-0.2, 0) is 19.1 Å². The third-order valence-corrected chi connectivity index (χ3v) is 7.44. The maximum Gasteiger partial charge on any atom is 0.255 e. The largest absolute Gasteiger partial charge is 0.491 e. The van der Waals surface area contributed by atoms with Crippen LogP contribution in [0.4, 0.5) is 0 Å². The highest BCUT2D eigenvalue weighted by atomic mass is 16.5. The zero-order valence-corrected chi connectivity index (χ0v) is 21.1. The van der Waals surface area contributed by atoms with Gasteiger partial charge in [-0.25, -0.2) is 0 Å². The molecular formula is C27H37N3O6. The van der Waals surface area contributed by atoms with E-state index in [1.165, 1.54) is 0 Å². The molecule has 3 aliphatic rings. The van der Waals surface area contributed by atoms with E-state index in [0.717, 1.165) is 12.8 Å². The van der Waals surface area contributed by atoms with Crippen LogP contribution < -0.4 is 10.1 Å². The summed E-state index contributed by atoms with van der Waals surface area (Å²) in [5.41, 5.74) is -0.0720. The van der Waals surface area contributed by atoms with Gasteiger partial charge in [-0.3, -0.25) is 14.4 Å². The molecule has 1 N–H and O–H groups in total. The van der Waals surface area contributed by atoms with Crippen LogP contribution in [0.3, 0.4) is 0 Å². The number of nitrogens with one attached hydrogen (secondary N) is 1. The number of hydrogen-bond acceptors (Lipinski definition) is 6. The smallest absolute Gasteiger partial charge is 0.255 e. The Bertz CT molecular complexity index is 957. The van der Waals surface area contributed by atoms with Gasteiger partial charge in [0.2, 0.25) is 11.8 Å². The summed E-state index contributed by atoms with van der Waals surface area (Å²) in [7, 11) is 1.59. The molecule has 0 radical (unpaired) electrons. The summed E-state index contributed by atoms with van der Waals surface area (Å²) in [5.74, 6) is 0.445. The SMILES string of the molecule is COCCOCC(=O)N1CCC2(C/C=C\CNC(=O)c3ccccc3OC[C@H]3CCCN3C2=O)CC1. The number of allylic oxidation sites excluding steroid dienone is 1. The van der Waals surface area contributed by atoms with Crippen LogP contribution in [-0.4, -0.2) is 93.3 Å². The van der Waals surface area contributed by atoms with Crippen molar-refractivity contribution in [2.75, 3.05) is 59.7 Å². The van der Waals surface area contributed by atoms with E-state index >= 15 is 0 Å². The summed E-state index contributed by atoms with van der Waals surface area (Å²) < 4.78 is 16.5. The number of hydrogen-bond donors (Lipinski definition) is 1. The monoisotopic (exact) mass is 499 g/mol. The molecular weight excluding hydrogens is 462 g/mol. The van der Waals surface area contributed by atoms with Crippen molar-refractivity contribution in [1.82, 2.24) is 15.1 Å². The fourth-order valence-corrected chi connectivity index (χ4v) is 5.27. The Balaban J connectivity index is 1.48.